The van der Waals surface area contributed by atoms with Crippen LogP contribution >= 0.6 is 0 Å². The maximum atomic E-state index is 13.3. The van der Waals surface area contributed by atoms with Gasteiger partial charge in [0, 0.05) is 6.54 Å². The van der Waals surface area contributed by atoms with Crippen LogP contribution in [0.5, 0.6) is 23.0 Å². The highest BCUT2D eigenvalue weighted by Gasteiger charge is 2.35. The Morgan fingerprint density at radius 3 is 2.23 bits per heavy atom. The van der Waals surface area contributed by atoms with Crippen LogP contribution in [0.1, 0.15) is 33.3 Å². The van der Waals surface area contributed by atoms with Crippen LogP contribution in [0, 0.1) is 0 Å². The van der Waals surface area contributed by atoms with Crippen LogP contribution in [-0.2, 0) is 6.42 Å². The first kappa shape index (κ1) is 20.7. The molecule has 162 valence electrons. The van der Waals surface area contributed by atoms with E-state index in [-0.39, 0.29) is 11.9 Å². The number of nitrogens with zero attached hydrogens (tertiary/aromatic N) is 1. The molecule has 1 atom stereocenters. The van der Waals surface area contributed by atoms with Crippen molar-refractivity contribution < 1.29 is 28.2 Å². The van der Waals surface area contributed by atoms with Crippen molar-refractivity contribution in [1.29, 1.82) is 0 Å². The zero-order chi connectivity index (χ0) is 22.0. The fourth-order valence-corrected chi connectivity index (χ4v) is 4.09. The van der Waals surface area contributed by atoms with Crippen molar-refractivity contribution in [2.45, 2.75) is 12.5 Å². The maximum absolute atomic E-state index is 13.3. The Labute approximate surface area is 181 Å². The van der Waals surface area contributed by atoms with E-state index >= 15 is 0 Å². The lowest BCUT2D eigenvalue weighted by atomic mass is 9.87. The lowest BCUT2D eigenvalue weighted by Crippen LogP contribution is -2.40. The van der Waals surface area contributed by atoms with E-state index < -0.39 is 0 Å². The van der Waals surface area contributed by atoms with Crippen molar-refractivity contribution in [3.63, 3.8) is 0 Å². The Morgan fingerprint density at radius 2 is 1.58 bits per heavy atom. The molecule has 0 radical (unpaired) electrons. The number of rotatable bonds is 6. The molecule has 0 N–H and O–H groups in total. The predicted octanol–water partition coefficient (Wildman–Crippen LogP) is 4.10. The monoisotopic (exact) mass is 423 g/mol. The fraction of sp³-hybridized carbons (Fsp3) is 0.292. The van der Waals surface area contributed by atoms with Gasteiger partial charge in [-0.05, 0) is 59.5 Å². The summed E-state index contributed by atoms with van der Waals surface area (Å²) in [5, 5.41) is 0. The van der Waals surface area contributed by atoms with Crippen molar-refractivity contribution in [3.05, 3.63) is 71.2 Å². The number of ether oxygens (including phenoxy) is 4. The fourth-order valence-electron chi connectivity index (χ4n) is 4.09. The molecule has 0 saturated heterocycles. The van der Waals surface area contributed by atoms with E-state index in [0.717, 1.165) is 16.7 Å². The highest BCUT2D eigenvalue weighted by atomic mass is 16.5. The molecule has 2 aromatic carbocycles. The Kier molecular flexibility index (Phi) is 5.75. The molecule has 0 spiro atoms. The molecule has 1 unspecified atom stereocenters. The number of carbonyl (C=O) groups is 1. The van der Waals surface area contributed by atoms with Gasteiger partial charge < -0.3 is 28.3 Å². The predicted molar refractivity (Wildman–Crippen MR) is 114 cm³/mol. The molecule has 1 aromatic heterocycles. The van der Waals surface area contributed by atoms with Gasteiger partial charge >= 0.3 is 0 Å². The zero-order valence-electron chi connectivity index (χ0n) is 18.0. The molecule has 1 amide bonds. The molecule has 2 heterocycles. The van der Waals surface area contributed by atoms with Crippen molar-refractivity contribution in [2.24, 2.45) is 0 Å². The van der Waals surface area contributed by atoms with Crippen molar-refractivity contribution in [1.82, 2.24) is 4.90 Å². The first-order valence-corrected chi connectivity index (χ1v) is 9.92. The molecule has 1 aliphatic rings. The molecular formula is C24H25NO6. The summed E-state index contributed by atoms with van der Waals surface area (Å²) in [6.07, 6.45) is 2.19. The van der Waals surface area contributed by atoms with Crippen molar-refractivity contribution >= 4 is 5.91 Å². The van der Waals surface area contributed by atoms with Crippen LogP contribution in [-0.4, -0.2) is 45.8 Å². The number of methoxy groups -OCH3 is 4. The second-order valence-corrected chi connectivity index (χ2v) is 7.15. The Morgan fingerprint density at radius 1 is 0.903 bits per heavy atom. The summed E-state index contributed by atoms with van der Waals surface area (Å²) in [6, 6.07) is 12.6. The van der Waals surface area contributed by atoms with Gasteiger partial charge in [-0.1, -0.05) is 6.07 Å². The molecular weight excluding hydrogens is 398 g/mol. The number of carbonyl (C=O) groups excluding carboxylic acids is 1. The SMILES string of the molecule is COc1ccc(C2c3cc(OC)c(OC)cc3CCN2C(=O)c2ccco2)cc1OC. The molecule has 3 aromatic rings. The van der Waals surface area contributed by atoms with E-state index in [1.165, 1.54) is 6.26 Å². The first-order valence-electron chi connectivity index (χ1n) is 9.92. The van der Waals surface area contributed by atoms with Gasteiger partial charge in [-0.15, -0.1) is 0 Å². The molecule has 0 aliphatic carbocycles. The van der Waals surface area contributed by atoms with Gasteiger partial charge in [0.25, 0.3) is 5.91 Å². The van der Waals surface area contributed by atoms with E-state index in [1.807, 2.05) is 35.2 Å². The lowest BCUT2D eigenvalue weighted by molar-refractivity contribution is 0.0661. The third kappa shape index (κ3) is 3.67. The van der Waals surface area contributed by atoms with E-state index in [9.17, 15) is 4.79 Å². The molecule has 4 rings (SSSR count). The number of fused-ring (bicyclic) bond motifs is 1. The highest BCUT2D eigenvalue weighted by molar-refractivity contribution is 5.92. The smallest absolute Gasteiger partial charge is 0.290 e. The summed E-state index contributed by atoms with van der Waals surface area (Å²) >= 11 is 0. The van der Waals surface area contributed by atoms with Crippen LogP contribution in [0.15, 0.2) is 53.1 Å². The van der Waals surface area contributed by atoms with Crippen LogP contribution in [0.2, 0.25) is 0 Å². The van der Waals surface area contributed by atoms with Gasteiger partial charge in [0.1, 0.15) is 0 Å². The van der Waals surface area contributed by atoms with Crippen molar-refractivity contribution in [3.8, 4) is 23.0 Å². The minimum absolute atomic E-state index is 0.176. The molecule has 7 heteroatoms. The number of hydrogen-bond donors (Lipinski definition) is 0. The average Bonchev–Trinajstić information content (AvgIpc) is 3.36. The number of hydrogen-bond acceptors (Lipinski definition) is 6. The third-order valence-corrected chi connectivity index (χ3v) is 5.59. The quantitative estimate of drug-likeness (QED) is 0.595. The van der Waals surface area contributed by atoms with Gasteiger partial charge in [-0.3, -0.25) is 4.79 Å². The molecule has 1 aliphatic heterocycles. The second-order valence-electron chi connectivity index (χ2n) is 7.15. The highest BCUT2D eigenvalue weighted by Crippen LogP contribution is 2.43. The molecule has 0 saturated carbocycles. The van der Waals surface area contributed by atoms with E-state index in [4.69, 9.17) is 23.4 Å². The standard InChI is InChI=1S/C24H25NO6/c1-27-18-8-7-16(13-20(18)28-2)23-17-14-22(30-4)21(29-3)12-15(17)9-10-25(23)24(26)19-6-5-11-31-19/h5-8,11-14,23H,9-10H2,1-4H3. The summed E-state index contributed by atoms with van der Waals surface area (Å²) < 4.78 is 27.3. The number of amides is 1. The Hall–Kier alpha value is -3.61. The van der Waals surface area contributed by atoms with Crippen LogP contribution < -0.4 is 18.9 Å². The minimum Gasteiger partial charge on any atom is -0.493 e. The van der Waals surface area contributed by atoms with Gasteiger partial charge in [-0.2, -0.15) is 0 Å². The van der Waals surface area contributed by atoms with Crippen molar-refractivity contribution in [2.75, 3.05) is 35.0 Å². The first-order chi connectivity index (χ1) is 15.1. The zero-order valence-corrected chi connectivity index (χ0v) is 18.0. The molecule has 0 bridgehead atoms. The average molecular weight is 423 g/mol. The maximum Gasteiger partial charge on any atom is 0.290 e. The van der Waals surface area contributed by atoms with Gasteiger partial charge in [0.05, 0.1) is 40.7 Å². The Bertz CT molecular complexity index is 1080. The minimum atomic E-state index is -0.360. The Balaban J connectivity index is 1.88. The summed E-state index contributed by atoms with van der Waals surface area (Å²) in [5.74, 6) is 2.62. The largest absolute Gasteiger partial charge is 0.493 e. The molecule has 7 nitrogen and oxygen atoms in total. The van der Waals surface area contributed by atoms with Gasteiger partial charge in [0.2, 0.25) is 0 Å². The number of furan rings is 1. The number of benzene rings is 2. The van der Waals surface area contributed by atoms with E-state index in [1.54, 1.807) is 40.6 Å². The summed E-state index contributed by atoms with van der Waals surface area (Å²) in [5.41, 5.74) is 2.96. The second kappa shape index (κ2) is 8.63. The third-order valence-electron chi connectivity index (χ3n) is 5.59. The topological polar surface area (TPSA) is 70.4 Å². The molecule has 0 fully saturated rings. The van der Waals surface area contributed by atoms with E-state index in [2.05, 4.69) is 0 Å². The summed E-state index contributed by atoms with van der Waals surface area (Å²) in [4.78, 5) is 15.1. The lowest BCUT2D eigenvalue weighted by Gasteiger charge is -2.38. The van der Waals surface area contributed by atoms with Gasteiger partial charge in [0.15, 0.2) is 28.8 Å². The van der Waals surface area contributed by atoms with Crippen LogP contribution in [0.4, 0.5) is 0 Å². The van der Waals surface area contributed by atoms with Gasteiger partial charge in [-0.25, -0.2) is 0 Å². The summed E-state index contributed by atoms with van der Waals surface area (Å²) in [7, 11) is 6.41. The van der Waals surface area contributed by atoms with Crippen LogP contribution in [0.25, 0.3) is 0 Å². The van der Waals surface area contributed by atoms with E-state index in [0.29, 0.717) is 41.7 Å². The summed E-state index contributed by atoms with van der Waals surface area (Å²) in [6.45, 7) is 0.529. The molecule has 31 heavy (non-hydrogen) atoms. The van der Waals surface area contributed by atoms with Crippen LogP contribution in [0.3, 0.4) is 0 Å². The normalized spacial score (nSPS) is 15.2.